The van der Waals surface area contributed by atoms with Gasteiger partial charge in [-0.1, -0.05) is 38.1 Å². The predicted octanol–water partition coefficient (Wildman–Crippen LogP) is 3.72. The molecule has 3 unspecified atom stereocenters. The molecular weight excluding hydrogens is 254 g/mol. The lowest BCUT2D eigenvalue weighted by atomic mass is 10.00. The molecule has 1 aromatic rings. The highest BCUT2D eigenvalue weighted by atomic mass is 32.2. The largest absolute Gasteiger partial charge is 0.377 e. The van der Waals surface area contributed by atoms with Gasteiger partial charge >= 0.3 is 0 Å². The normalized spacial score (nSPS) is 24.9. The zero-order valence-corrected chi connectivity index (χ0v) is 13.0. The maximum absolute atomic E-state index is 6.28. The first-order chi connectivity index (χ1) is 9.08. The fraction of sp³-hybridized carbons (Fsp3) is 0.625. The van der Waals surface area contributed by atoms with E-state index in [1.54, 1.807) is 0 Å². The lowest BCUT2D eigenvalue weighted by Gasteiger charge is -2.18. The third-order valence-corrected chi connectivity index (χ3v) is 5.43. The van der Waals surface area contributed by atoms with E-state index in [1.807, 2.05) is 11.8 Å². The highest BCUT2D eigenvalue weighted by molar-refractivity contribution is 8.00. The number of thioether (sulfide) groups is 1. The number of hydrogen-bond donors (Lipinski definition) is 1. The first-order valence-corrected chi connectivity index (χ1v) is 8.21. The summed E-state index contributed by atoms with van der Waals surface area (Å²) in [5, 5.41) is 0.612. The number of hydrogen-bond acceptors (Lipinski definition) is 3. The Morgan fingerprint density at radius 3 is 2.42 bits per heavy atom. The van der Waals surface area contributed by atoms with Crippen molar-refractivity contribution < 1.29 is 4.74 Å². The quantitative estimate of drug-likeness (QED) is 0.892. The first kappa shape index (κ1) is 14.9. The van der Waals surface area contributed by atoms with Gasteiger partial charge in [0, 0.05) is 23.7 Å². The first-order valence-electron chi connectivity index (χ1n) is 7.16. The molecular formula is C16H25NOS. The van der Waals surface area contributed by atoms with E-state index in [1.165, 1.54) is 11.1 Å². The summed E-state index contributed by atoms with van der Waals surface area (Å²) in [5.74, 6) is 1.55. The van der Waals surface area contributed by atoms with Crippen LogP contribution in [0.1, 0.15) is 50.3 Å². The van der Waals surface area contributed by atoms with E-state index >= 15 is 0 Å². The molecule has 1 aliphatic heterocycles. The topological polar surface area (TPSA) is 35.2 Å². The summed E-state index contributed by atoms with van der Waals surface area (Å²) in [6, 6.07) is 8.88. The summed E-state index contributed by atoms with van der Waals surface area (Å²) in [5.41, 5.74) is 8.90. The maximum atomic E-state index is 6.28. The van der Waals surface area contributed by atoms with Crippen molar-refractivity contribution in [1.82, 2.24) is 0 Å². The van der Waals surface area contributed by atoms with Gasteiger partial charge in [-0.25, -0.2) is 0 Å². The Morgan fingerprint density at radius 2 is 1.89 bits per heavy atom. The summed E-state index contributed by atoms with van der Waals surface area (Å²) < 4.78 is 5.58. The molecule has 106 valence electrons. The van der Waals surface area contributed by atoms with E-state index in [2.05, 4.69) is 45.0 Å². The Balaban J connectivity index is 1.87. The SMILES string of the molecule is CC(C)c1ccc(C(N)CSC2CCOC2C)cc1. The molecule has 19 heavy (non-hydrogen) atoms. The lowest BCUT2D eigenvalue weighted by Crippen LogP contribution is -2.19. The fourth-order valence-electron chi connectivity index (χ4n) is 2.38. The lowest BCUT2D eigenvalue weighted by molar-refractivity contribution is 0.127. The standard InChI is InChI=1S/C16H25NOS/c1-11(2)13-4-6-14(7-5-13)15(17)10-19-16-8-9-18-12(16)3/h4-7,11-12,15-16H,8-10,17H2,1-3H3. The van der Waals surface area contributed by atoms with Crippen molar-refractivity contribution in [1.29, 1.82) is 0 Å². The van der Waals surface area contributed by atoms with Gasteiger partial charge in [-0.15, -0.1) is 0 Å². The fourth-order valence-corrected chi connectivity index (χ4v) is 3.64. The molecule has 2 N–H and O–H groups in total. The van der Waals surface area contributed by atoms with Crippen molar-refractivity contribution in [3.63, 3.8) is 0 Å². The van der Waals surface area contributed by atoms with Gasteiger partial charge in [0.05, 0.1) is 6.10 Å². The highest BCUT2D eigenvalue weighted by Crippen LogP contribution is 2.29. The van der Waals surface area contributed by atoms with Crippen LogP contribution in [0.4, 0.5) is 0 Å². The molecule has 1 aliphatic rings. The molecule has 0 bridgehead atoms. The number of nitrogens with two attached hydrogens (primary N) is 1. The average Bonchev–Trinajstić information content (AvgIpc) is 2.81. The van der Waals surface area contributed by atoms with E-state index in [0.717, 1.165) is 18.8 Å². The van der Waals surface area contributed by atoms with Crippen LogP contribution in [-0.2, 0) is 4.74 Å². The minimum atomic E-state index is 0.124. The van der Waals surface area contributed by atoms with Crippen molar-refractivity contribution in [2.24, 2.45) is 5.73 Å². The summed E-state index contributed by atoms with van der Waals surface area (Å²) in [7, 11) is 0. The molecule has 0 amide bonds. The average molecular weight is 279 g/mol. The van der Waals surface area contributed by atoms with Crippen LogP contribution in [-0.4, -0.2) is 23.7 Å². The maximum Gasteiger partial charge on any atom is 0.0666 e. The van der Waals surface area contributed by atoms with Crippen LogP contribution in [0.15, 0.2) is 24.3 Å². The Bertz CT molecular complexity index is 390. The van der Waals surface area contributed by atoms with Crippen molar-refractivity contribution >= 4 is 11.8 Å². The molecule has 2 rings (SSSR count). The monoisotopic (exact) mass is 279 g/mol. The molecule has 0 aromatic heterocycles. The zero-order chi connectivity index (χ0) is 13.8. The Morgan fingerprint density at radius 1 is 1.26 bits per heavy atom. The highest BCUT2D eigenvalue weighted by Gasteiger charge is 2.25. The minimum Gasteiger partial charge on any atom is -0.377 e. The van der Waals surface area contributed by atoms with E-state index < -0.39 is 0 Å². The molecule has 1 saturated heterocycles. The Kier molecular flexibility index (Phi) is 5.31. The number of benzene rings is 1. The van der Waals surface area contributed by atoms with E-state index in [4.69, 9.17) is 10.5 Å². The van der Waals surface area contributed by atoms with E-state index in [0.29, 0.717) is 17.3 Å². The summed E-state index contributed by atoms with van der Waals surface area (Å²) >= 11 is 1.96. The van der Waals surface area contributed by atoms with Gasteiger partial charge in [-0.2, -0.15) is 11.8 Å². The molecule has 0 spiro atoms. The van der Waals surface area contributed by atoms with Crippen molar-refractivity contribution in [3.05, 3.63) is 35.4 Å². The van der Waals surface area contributed by atoms with Crippen LogP contribution in [0.25, 0.3) is 0 Å². The van der Waals surface area contributed by atoms with Crippen LogP contribution in [0, 0.1) is 0 Å². The van der Waals surface area contributed by atoms with Crippen LogP contribution in [0.3, 0.4) is 0 Å². The molecule has 0 saturated carbocycles. The van der Waals surface area contributed by atoms with Crippen molar-refractivity contribution in [2.75, 3.05) is 12.4 Å². The number of ether oxygens (including phenoxy) is 1. The van der Waals surface area contributed by atoms with Crippen LogP contribution < -0.4 is 5.73 Å². The van der Waals surface area contributed by atoms with Gasteiger partial charge in [-0.3, -0.25) is 0 Å². The van der Waals surface area contributed by atoms with Gasteiger partial charge in [0.15, 0.2) is 0 Å². The smallest absolute Gasteiger partial charge is 0.0666 e. The molecule has 1 fully saturated rings. The van der Waals surface area contributed by atoms with Crippen molar-refractivity contribution in [3.8, 4) is 0 Å². The summed E-state index contributed by atoms with van der Waals surface area (Å²) in [4.78, 5) is 0. The second-order valence-electron chi connectivity index (χ2n) is 5.66. The molecule has 2 nitrogen and oxygen atoms in total. The van der Waals surface area contributed by atoms with Gasteiger partial charge in [-0.05, 0) is 30.4 Å². The molecule has 1 aromatic carbocycles. The third kappa shape index (κ3) is 3.98. The van der Waals surface area contributed by atoms with E-state index in [9.17, 15) is 0 Å². The molecule has 0 aliphatic carbocycles. The summed E-state index contributed by atoms with van der Waals surface area (Å²) in [6.07, 6.45) is 1.53. The van der Waals surface area contributed by atoms with Gasteiger partial charge in [0.1, 0.15) is 0 Å². The van der Waals surface area contributed by atoms with Crippen molar-refractivity contribution in [2.45, 2.75) is 50.5 Å². The van der Waals surface area contributed by atoms with Gasteiger partial charge < -0.3 is 10.5 Å². The molecule has 3 atom stereocenters. The Hall–Kier alpha value is -0.510. The van der Waals surface area contributed by atoms with Crippen LogP contribution in [0.5, 0.6) is 0 Å². The van der Waals surface area contributed by atoms with Gasteiger partial charge in [0.25, 0.3) is 0 Å². The summed E-state index contributed by atoms with van der Waals surface area (Å²) in [6.45, 7) is 7.49. The molecule has 3 heteroatoms. The Labute approximate surface area is 121 Å². The molecule has 1 heterocycles. The number of rotatable bonds is 5. The van der Waals surface area contributed by atoms with Crippen LogP contribution in [0.2, 0.25) is 0 Å². The predicted molar refractivity (Wildman–Crippen MR) is 83.7 cm³/mol. The second kappa shape index (κ2) is 6.78. The zero-order valence-electron chi connectivity index (χ0n) is 12.1. The van der Waals surface area contributed by atoms with Crippen LogP contribution >= 0.6 is 11.8 Å². The molecule has 0 radical (unpaired) electrons. The minimum absolute atomic E-state index is 0.124. The second-order valence-corrected chi connectivity index (χ2v) is 6.94. The van der Waals surface area contributed by atoms with Gasteiger partial charge in [0.2, 0.25) is 0 Å². The van der Waals surface area contributed by atoms with E-state index in [-0.39, 0.29) is 6.04 Å². The third-order valence-electron chi connectivity index (χ3n) is 3.83.